The quantitative estimate of drug-likeness (QED) is 0.528. The van der Waals surface area contributed by atoms with Gasteiger partial charge in [0.15, 0.2) is 11.5 Å². The number of ether oxygens (including phenoxy) is 3. The summed E-state index contributed by atoms with van der Waals surface area (Å²) in [5.74, 6) is 1.25. The minimum Gasteiger partial charge on any atom is -0.493 e. The average Bonchev–Trinajstić information content (AvgIpc) is 3.19. The van der Waals surface area contributed by atoms with E-state index in [0.29, 0.717) is 35.0 Å². The van der Waals surface area contributed by atoms with E-state index in [1.54, 1.807) is 49.4 Å². The topological polar surface area (TPSA) is 74.6 Å². The highest BCUT2D eigenvalue weighted by Gasteiger charge is 2.27. The highest BCUT2D eigenvalue weighted by molar-refractivity contribution is 6.03. The Kier molecular flexibility index (Phi) is 7.37. The van der Waals surface area contributed by atoms with Crippen molar-refractivity contribution >= 4 is 11.7 Å². The van der Waals surface area contributed by atoms with Gasteiger partial charge in [-0.2, -0.15) is 18.3 Å². The number of alkyl halides is 3. The molecule has 10 heteroatoms. The fraction of sp³-hybridized carbons (Fsp3) is 0.273. The van der Waals surface area contributed by atoms with Crippen molar-refractivity contribution in [2.24, 2.45) is 0 Å². The average molecular weight is 449 g/mol. The summed E-state index contributed by atoms with van der Waals surface area (Å²) in [5, 5.41) is 7.04. The van der Waals surface area contributed by atoms with Gasteiger partial charge < -0.3 is 19.5 Å². The Hall–Kier alpha value is -3.53. The number of aromatic nitrogens is 2. The SMILES string of the molecule is COc1cccc(Cn2nccc2NC(=O)c2ccc(COCC(F)(F)F)cc2)c1OC. The largest absolute Gasteiger partial charge is 0.493 e. The molecule has 0 spiro atoms. The summed E-state index contributed by atoms with van der Waals surface area (Å²) in [6, 6.07) is 13.3. The van der Waals surface area contributed by atoms with Crippen LogP contribution in [-0.4, -0.2) is 42.7 Å². The van der Waals surface area contributed by atoms with E-state index in [1.165, 1.54) is 12.1 Å². The lowest BCUT2D eigenvalue weighted by molar-refractivity contribution is -0.176. The standard InChI is InChI=1S/C22H22F3N3O4/c1-30-18-5-3-4-17(20(18)31-2)12-28-19(10-11-26-28)27-21(29)16-8-6-15(7-9-16)13-32-14-22(23,24)25/h3-11H,12-14H2,1-2H3,(H,27,29). The number of para-hydroxylation sites is 1. The number of anilines is 1. The second kappa shape index (κ2) is 10.2. The van der Waals surface area contributed by atoms with Crippen LogP contribution < -0.4 is 14.8 Å². The van der Waals surface area contributed by atoms with Gasteiger partial charge in [0, 0.05) is 17.2 Å². The molecule has 1 N–H and O–H groups in total. The van der Waals surface area contributed by atoms with E-state index in [4.69, 9.17) is 9.47 Å². The lowest BCUT2D eigenvalue weighted by Crippen LogP contribution is -2.17. The predicted molar refractivity (Wildman–Crippen MR) is 111 cm³/mol. The Labute approximate surface area is 182 Å². The lowest BCUT2D eigenvalue weighted by Gasteiger charge is -2.14. The maximum absolute atomic E-state index is 12.6. The summed E-state index contributed by atoms with van der Waals surface area (Å²) in [7, 11) is 3.10. The number of rotatable bonds is 9. The van der Waals surface area contributed by atoms with Crippen molar-refractivity contribution in [3.05, 3.63) is 71.4 Å². The van der Waals surface area contributed by atoms with Crippen LogP contribution >= 0.6 is 0 Å². The van der Waals surface area contributed by atoms with Crippen LogP contribution in [0.3, 0.4) is 0 Å². The number of carbonyl (C=O) groups is 1. The van der Waals surface area contributed by atoms with Crippen molar-refractivity contribution in [2.75, 3.05) is 26.1 Å². The van der Waals surface area contributed by atoms with Crippen molar-refractivity contribution in [1.82, 2.24) is 9.78 Å². The Morgan fingerprint density at radius 1 is 1.06 bits per heavy atom. The summed E-state index contributed by atoms with van der Waals surface area (Å²) >= 11 is 0. The molecule has 7 nitrogen and oxygen atoms in total. The molecule has 1 heterocycles. The number of benzene rings is 2. The van der Waals surface area contributed by atoms with E-state index >= 15 is 0 Å². The van der Waals surface area contributed by atoms with Gasteiger partial charge in [0.25, 0.3) is 5.91 Å². The molecule has 0 unspecified atom stereocenters. The van der Waals surface area contributed by atoms with Crippen molar-refractivity contribution in [3.8, 4) is 11.5 Å². The molecule has 2 aromatic carbocycles. The normalized spacial score (nSPS) is 11.3. The lowest BCUT2D eigenvalue weighted by atomic mass is 10.1. The van der Waals surface area contributed by atoms with E-state index in [1.807, 2.05) is 12.1 Å². The third-order valence-corrected chi connectivity index (χ3v) is 4.51. The second-order valence-electron chi connectivity index (χ2n) is 6.79. The molecule has 1 aromatic heterocycles. The number of amides is 1. The first-order valence-electron chi connectivity index (χ1n) is 9.57. The third-order valence-electron chi connectivity index (χ3n) is 4.51. The summed E-state index contributed by atoms with van der Waals surface area (Å²) in [5.41, 5.74) is 1.69. The molecule has 0 atom stereocenters. The number of nitrogens with zero attached hydrogens (tertiary/aromatic N) is 2. The Bertz CT molecular complexity index is 1050. The van der Waals surface area contributed by atoms with E-state index in [-0.39, 0.29) is 12.5 Å². The van der Waals surface area contributed by atoms with Crippen LogP contribution in [0, 0.1) is 0 Å². The number of hydrogen-bond acceptors (Lipinski definition) is 5. The van der Waals surface area contributed by atoms with Gasteiger partial charge in [-0.15, -0.1) is 0 Å². The molecule has 0 saturated heterocycles. The van der Waals surface area contributed by atoms with E-state index in [2.05, 4.69) is 15.2 Å². The van der Waals surface area contributed by atoms with Crippen LogP contribution in [0.5, 0.6) is 11.5 Å². The van der Waals surface area contributed by atoms with Crippen molar-refractivity contribution in [3.63, 3.8) is 0 Å². The summed E-state index contributed by atoms with van der Waals surface area (Å²) in [4.78, 5) is 12.6. The molecule has 32 heavy (non-hydrogen) atoms. The number of methoxy groups -OCH3 is 2. The van der Waals surface area contributed by atoms with Gasteiger partial charge in [0.1, 0.15) is 12.4 Å². The van der Waals surface area contributed by atoms with Crippen molar-refractivity contribution < 1.29 is 32.2 Å². The van der Waals surface area contributed by atoms with Gasteiger partial charge in [-0.1, -0.05) is 24.3 Å². The van der Waals surface area contributed by atoms with Gasteiger partial charge in [0.2, 0.25) is 0 Å². The number of halogens is 3. The molecule has 0 bridgehead atoms. The first-order valence-corrected chi connectivity index (χ1v) is 9.57. The zero-order chi connectivity index (χ0) is 23.1. The van der Waals surface area contributed by atoms with Crippen LogP contribution in [0.15, 0.2) is 54.7 Å². The molecule has 0 radical (unpaired) electrons. The first kappa shape index (κ1) is 23.1. The molecule has 0 aliphatic carbocycles. The molecular formula is C22H22F3N3O4. The number of carbonyl (C=O) groups excluding carboxylic acids is 1. The van der Waals surface area contributed by atoms with E-state index in [0.717, 1.165) is 5.56 Å². The van der Waals surface area contributed by atoms with E-state index < -0.39 is 12.8 Å². The minimum absolute atomic E-state index is 0.198. The molecule has 3 rings (SSSR count). The zero-order valence-electron chi connectivity index (χ0n) is 17.5. The van der Waals surface area contributed by atoms with Gasteiger partial charge in [-0.3, -0.25) is 4.79 Å². The maximum atomic E-state index is 12.6. The molecular weight excluding hydrogens is 427 g/mol. The summed E-state index contributed by atoms with van der Waals surface area (Å²) in [6.45, 7) is -1.19. The van der Waals surface area contributed by atoms with Gasteiger partial charge in [-0.05, 0) is 23.8 Å². The monoisotopic (exact) mass is 449 g/mol. The van der Waals surface area contributed by atoms with Crippen LogP contribution in [0.25, 0.3) is 0 Å². The smallest absolute Gasteiger partial charge is 0.411 e. The summed E-state index contributed by atoms with van der Waals surface area (Å²) in [6.07, 6.45) is -2.82. The van der Waals surface area contributed by atoms with Crippen LogP contribution in [0.1, 0.15) is 21.5 Å². The second-order valence-corrected chi connectivity index (χ2v) is 6.79. The zero-order valence-corrected chi connectivity index (χ0v) is 17.5. The van der Waals surface area contributed by atoms with Gasteiger partial charge in [0.05, 0.1) is 33.6 Å². The molecule has 0 saturated carbocycles. The molecule has 1 amide bonds. The number of nitrogens with one attached hydrogen (secondary N) is 1. The predicted octanol–water partition coefficient (Wildman–Crippen LogP) is 4.28. The fourth-order valence-corrected chi connectivity index (χ4v) is 3.03. The van der Waals surface area contributed by atoms with Crippen LogP contribution in [0.2, 0.25) is 0 Å². The molecule has 3 aromatic rings. The molecule has 0 aliphatic heterocycles. The van der Waals surface area contributed by atoms with Crippen LogP contribution in [0.4, 0.5) is 19.0 Å². The van der Waals surface area contributed by atoms with Crippen LogP contribution in [-0.2, 0) is 17.9 Å². The number of hydrogen-bond donors (Lipinski definition) is 1. The summed E-state index contributed by atoms with van der Waals surface area (Å²) < 4.78 is 53.5. The Morgan fingerprint density at radius 2 is 1.81 bits per heavy atom. The highest BCUT2D eigenvalue weighted by Crippen LogP contribution is 2.31. The molecule has 0 aliphatic rings. The molecule has 0 fully saturated rings. The van der Waals surface area contributed by atoms with Crippen molar-refractivity contribution in [2.45, 2.75) is 19.3 Å². The van der Waals surface area contributed by atoms with Crippen molar-refractivity contribution in [1.29, 1.82) is 0 Å². The Balaban J connectivity index is 1.66. The molecule has 170 valence electrons. The maximum Gasteiger partial charge on any atom is 0.411 e. The highest BCUT2D eigenvalue weighted by atomic mass is 19.4. The fourth-order valence-electron chi connectivity index (χ4n) is 3.03. The van der Waals surface area contributed by atoms with Gasteiger partial charge >= 0.3 is 6.18 Å². The van der Waals surface area contributed by atoms with E-state index in [9.17, 15) is 18.0 Å². The Morgan fingerprint density at radius 3 is 2.47 bits per heavy atom. The first-order chi connectivity index (χ1) is 15.3. The minimum atomic E-state index is -4.38. The third kappa shape index (κ3) is 6.01. The van der Waals surface area contributed by atoms with Gasteiger partial charge in [-0.25, -0.2) is 4.68 Å².